The summed E-state index contributed by atoms with van der Waals surface area (Å²) in [7, 11) is 0. The van der Waals surface area contributed by atoms with Gasteiger partial charge in [-0.1, -0.05) is 76.1 Å². The molecule has 0 atom stereocenters. The first-order valence-corrected chi connectivity index (χ1v) is 12.6. The van der Waals surface area contributed by atoms with Gasteiger partial charge in [0, 0.05) is 21.5 Å². The molecule has 0 fully saturated rings. The monoisotopic (exact) mass is 490 g/mol. The van der Waals surface area contributed by atoms with Crippen LogP contribution in [0, 0.1) is 0 Å². The zero-order valence-corrected chi connectivity index (χ0v) is 21.3. The average molecular weight is 491 g/mol. The standard InChI is InChI=1S/C30H34O6/c1-4-7-9-13-20-33-29(31)35-27-23-17-11-12-18-24(23)28(26-22(6-3)16-15-19-25(26)27)36-30(32)34-21-14-10-8-5-2/h11-21H,4-10H2,1-3H3/b20-13+,21-14+. The molecule has 6 heteroatoms. The third-order valence-electron chi connectivity index (χ3n) is 5.76. The number of benzene rings is 3. The zero-order valence-electron chi connectivity index (χ0n) is 21.3. The summed E-state index contributed by atoms with van der Waals surface area (Å²) in [5.41, 5.74) is 0.942. The van der Waals surface area contributed by atoms with Crippen LogP contribution in [0.1, 0.15) is 64.9 Å². The highest BCUT2D eigenvalue weighted by Gasteiger charge is 2.22. The van der Waals surface area contributed by atoms with Gasteiger partial charge in [-0.3, -0.25) is 0 Å². The molecule has 190 valence electrons. The van der Waals surface area contributed by atoms with Gasteiger partial charge in [0.15, 0.2) is 5.75 Å². The zero-order chi connectivity index (χ0) is 25.8. The normalized spacial score (nSPS) is 11.4. The van der Waals surface area contributed by atoms with Crippen LogP contribution in [0.25, 0.3) is 21.5 Å². The van der Waals surface area contributed by atoms with Gasteiger partial charge in [-0.2, -0.15) is 0 Å². The number of rotatable bonds is 11. The lowest BCUT2D eigenvalue weighted by Gasteiger charge is -2.17. The van der Waals surface area contributed by atoms with Crippen LogP contribution in [0.15, 0.2) is 67.1 Å². The Labute approximate surface area is 212 Å². The van der Waals surface area contributed by atoms with Crippen LogP contribution in [0.3, 0.4) is 0 Å². The molecular formula is C30H34O6. The lowest BCUT2D eigenvalue weighted by Crippen LogP contribution is -2.10. The van der Waals surface area contributed by atoms with Gasteiger partial charge < -0.3 is 18.9 Å². The maximum absolute atomic E-state index is 12.6. The lowest BCUT2D eigenvalue weighted by atomic mass is 9.96. The van der Waals surface area contributed by atoms with E-state index in [1.807, 2.05) is 49.4 Å². The van der Waals surface area contributed by atoms with Crippen molar-refractivity contribution in [3.8, 4) is 11.5 Å². The highest BCUT2D eigenvalue weighted by atomic mass is 16.7. The molecule has 36 heavy (non-hydrogen) atoms. The molecule has 6 nitrogen and oxygen atoms in total. The number of hydrogen-bond donors (Lipinski definition) is 0. The van der Waals surface area contributed by atoms with Gasteiger partial charge in [0.1, 0.15) is 5.75 Å². The summed E-state index contributed by atoms with van der Waals surface area (Å²) in [4.78, 5) is 25.1. The summed E-state index contributed by atoms with van der Waals surface area (Å²) in [5, 5.41) is 2.57. The van der Waals surface area contributed by atoms with Crippen molar-refractivity contribution in [3.63, 3.8) is 0 Å². The molecule has 0 amide bonds. The van der Waals surface area contributed by atoms with E-state index >= 15 is 0 Å². The second-order valence-electron chi connectivity index (χ2n) is 8.36. The second kappa shape index (κ2) is 13.9. The molecule has 3 aromatic carbocycles. The molecule has 0 aromatic heterocycles. The fraction of sp³-hybridized carbons (Fsp3) is 0.333. The summed E-state index contributed by atoms with van der Waals surface area (Å²) in [6.45, 7) is 6.21. The first-order chi connectivity index (χ1) is 17.6. The van der Waals surface area contributed by atoms with Gasteiger partial charge in [-0.15, -0.1) is 0 Å². The minimum atomic E-state index is -0.832. The van der Waals surface area contributed by atoms with Crippen LogP contribution in [0.4, 0.5) is 9.59 Å². The summed E-state index contributed by atoms with van der Waals surface area (Å²) in [6.07, 6.45) is 11.2. The number of carbonyl (C=O) groups excluding carboxylic acids is 2. The molecule has 0 aliphatic heterocycles. The highest BCUT2D eigenvalue weighted by Crippen LogP contribution is 2.44. The third kappa shape index (κ3) is 6.87. The van der Waals surface area contributed by atoms with Gasteiger partial charge in [0.25, 0.3) is 0 Å². The first-order valence-electron chi connectivity index (χ1n) is 12.6. The molecule has 0 radical (unpaired) electrons. The topological polar surface area (TPSA) is 71.1 Å². The van der Waals surface area contributed by atoms with E-state index in [2.05, 4.69) is 13.8 Å². The van der Waals surface area contributed by atoms with Gasteiger partial charge >= 0.3 is 12.3 Å². The summed E-state index contributed by atoms with van der Waals surface area (Å²) < 4.78 is 21.8. The summed E-state index contributed by atoms with van der Waals surface area (Å²) in [5.74, 6) is 0.716. The number of hydrogen-bond acceptors (Lipinski definition) is 6. The Morgan fingerprint density at radius 3 is 1.78 bits per heavy atom. The third-order valence-corrected chi connectivity index (χ3v) is 5.76. The Bertz CT molecular complexity index is 1240. The van der Waals surface area contributed by atoms with Gasteiger partial charge in [-0.25, -0.2) is 9.59 Å². The molecule has 0 heterocycles. The van der Waals surface area contributed by atoms with E-state index in [4.69, 9.17) is 18.9 Å². The van der Waals surface area contributed by atoms with E-state index in [1.54, 1.807) is 12.2 Å². The van der Waals surface area contributed by atoms with Crippen LogP contribution in [-0.4, -0.2) is 12.3 Å². The largest absolute Gasteiger partial charge is 0.518 e. The Hall–Kier alpha value is -3.80. The minimum absolute atomic E-state index is 0.350. The van der Waals surface area contributed by atoms with Crippen molar-refractivity contribution in [2.75, 3.05) is 0 Å². The quantitative estimate of drug-likeness (QED) is 0.0878. The highest BCUT2D eigenvalue weighted by molar-refractivity contribution is 6.13. The smallest absolute Gasteiger partial charge is 0.403 e. The second-order valence-corrected chi connectivity index (χ2v) is 8.36. The maximum atomic E-state index is 12.6. The number of allylic oxidation sites excluding steroid dienone is 2. The van der Waals surface area contributed by atoms with E-state index in [-0.39, 0.29) is 0 Å². The van der Waals surface area contributed by atoms with Crippen LogP contribution < -0.4 is 9.47 Å². The van der Waals surface area contributed by atoms with Crippen molar-refractivity contribution in [1.29, 1.82) is 0 Å². The molecule has 0 bridgehead atoms. The molecular weight excluding hydrogens is 456 g/mol. The van der Waals surface area contributed by atoms with Crippen LogP contribution in [-0.2, 0) is 15.9 Å². The molecule has 0 unspecified atom stereocenters. The summed E-state index contributed by atoms with van der Waals surface area (Å²) >= 11 is 0. The number of fused-ring (bicyclic) bond motifs is 2. The molecule has 0 spiro atoms. The van der Waals surface area contributed by atoms with Gasteiger partial charge in [0.05, 0.1) is 12.5 Å². The Morgan fingerprint density at radius 1 is 0.694 bits per heavy atom. The maximum Gasteiger partial charge on any atom is 0.518 e. The van der Waals surface area contributed by atoms with Crippen molar-refractivity contribution in [2.24, 2.45) is 0 Å². The van der Waals surface area contributed by atoms with Gasteiger partial charge in [0.2, 0.25) is 0 Å². The first kappa shape index (κ1) is 26.8. The Morgan fingerprint density at radius 2 is 1.22 bits per heavy atom. The number of carbonyl (C=O) groups is 2. The fourth-order valence-electron chi connectivity index (χ4n) is 3.93. The number of unbranched alkanes of at least 4 members (excludes halogenated alkanes) is 4. The average Bonchev–Trinajstić information content (AvgIpc) is 2.89. The van der Waals surface area contributed by atoms with Crippen LogP contribution in [0.5, 0.6) is 11.5 Å². The van der Waals surface area contributed by atoms with E-state index in [9.17, 15) is 9.59 Å². The van der Waals surface area contributed by atoms with Crippen molar-refractivity contribution in [3.05, 3.63) is 72.7 Å². The molecule has 3 aromatic rings. The molecule has 0 N–H and O–H groups in total. The molecule has 0 saturated heterocycles. The molecule has 0 saturated carbocycles. The predicted molar refractivity (Wildman–Crippen MR) is 142 cm³/mol. The van der Waals surface area contributed by atoms with Crippen molar-refractivity contribution < 1.29 is 28.5 Å². The van der Waals surface area contributed by atoms with E-state index < -0.39 is 12.3 Å². The molecule has 0 aliphatic carbocycles. The van der Waals surface area contributed by atoms with Crippen molar-refractivity contribution >= 4 is 33.9 Å². The van der Waals surface area contributed by atoms with E-state index in [0.29, 0.717) is 39.5 Å². The van der Waals surface area contributed by atoms with E-state index in [1.165, 1.54) is 12.5 Å². The van der Waals surface area contributed by atoms with Crippen LogP contribution in [0.2, 0.25) is 0 Å². The van der Waals surface area contributed by atoms with Crippen molar-refractivity contribution in [1.82, 2.24) is 0 Å². The van der Waals surface area contributed by atoms with E-state index in [0.717, 1.165) is 44.1 Å². The SMILES string of the molecule is CCCC/C=C/OC(=O)Oc1c2ccccc2c(OC(=O)O/C=C/CCCC)c2c(CC)cccc12. The van der Waals surface area contributed by atoms with Crippen molar-refractivity contribution in [2.45, 2.75) is 65.7 Å². The predicted octanol–water partition coefficient (Wildman–Crippen LogP) is 8.99. The lowest BCUT2D eigenvalue weighted by molar-refractivity contribution is 0.134. The Balaban J connectivity index is 2.01. The number of ether oxygens (including phenoxy) is 4. The minimum Gasteiger partial charge on any atom is -0.403 e. The molecule has 3 rings (SSSR count). The number of aryl methyl sites for hydroxylation is 1. The summed E-state index contributed by atoms with van der Waals surface area (Å²) in [6, 6.07) is 13.0. The molecule has 0 aliphatic rings. The fourth-order valence-corrected chi connectivity index (χ4v) is 3.93. The Kier molecular flexibility index (Phi) is 10.4. The van der Waals surface area contributed by atoms with Crippen LogP contribution >= 0.6 is 0 Å². The van der Waals surface area contributed by atoms with Gasteiger partial charge in [-0.05, 0) is 49.8 Å².